The van der Waals surface area contributed by atoms with Crippen LogP contribution in [0.25, 0.3) is 0 Å². The zero-order chi connectivity index (χ0) is 14.8. The van der Waals surface area contributed by atoms with Gasteiger partial charge in [-0.2, -0.15) is 5.10 Å². The summed E-state index contributed by atoms with van der Waals surface area (Å²) in [6.45, 7) is 4.19. The molecule has 114 valence electrons. The Balaban J connectivity index is 1.88. The summed E-state index contributed by atoms with van der Waals surface area (Å²) in [4.78, 5) is 0. The maximum absolute atomic E-state index is 13.1. The number of hydrogen-bond donors (Lipinski definition) is 1. The number of nitrogens with zero attached hydrogens (tertiary/aromatic N) is 2. The summed E-state index contributed by atoms with van der Waals surface area (Å²) in [5, 5.41) is 14.7. The van der Waals surface area contributed by atoms with Gasteiger partial charge in [-0.25, -0.2) is 8.78 Å². The zero-order valence-corrected chi connectivity index (χ0v) is 12.2. The predicted octanol–water partition coefficient (Wildman–Crippen LogP) is 3.58. The van der Waals surface area contributed by atoms with Gasteiger partial charge in [0, 0.05) is 31.5 Å². The molecule has 0 saturated heterocycles. The van der Waals surface area contributed by atoms with E-state index in [0.717, 1.165) is 12.1 Å². The highest BCUT2D eigenvalue weighted by Gasteiger charge is 2.37. The van der Waals surface area contributed by atoms with Crippen molar-refractivity contribution in [2.24, 2.45) is 5.92 Å². The number of hydrogen-bond acceptors (Lipinski definition) is 2. The largest absolute Gasteiger partial charge is 0.392 e. The van der Waals surface area contributed by atoms with Gasteiger partial charge in [0.05, 0.1) is 11.8 Å². The van der Waals surface area contributed by atoms with Crippen molar-refractivity contribution in [3.63, 3.8) is 0 Å². The Morgan fingerprint density at radius 2 is 2.10 bits per heavy atom. The monoisotopic (exact) mass is 286 g/mol. The van der Waals surface area contributed by atoms with Gasteiger partial charge < -0.3 is 5.11 Å². The summed E-state index contributed by atoms with van der Waals surface area (Å²) in [5.41, 5.74) is 0.843. The molecule has 1 aliphatic carbocycles. The molecule has 2 unspecified atom stereocenters. The molecule has 1 saturated carbocycles. The minimum Gasteiger partial charge on any atom is -0.392 e. The molecule has 2 rings (SSSR count). The molecule has 3 nitrogen and oxygen atoms in total. The van der Waals surface area contributed by atoms with Crippen LogP contribution in [0.2, 0.25) is 0 Å². The lowest BCUT2D eigenvalue weighted by atomic mass is 9.82. The summed E-state index contributed by atoms with van der Waals surface area (Å²) < 4.78 is 28.1. The maximum atomic E-state index is 13.1. The summed E-state index contributed by atoms with van der Waals surface area (Å²) >= 11 is 0. The van der Waals surface area contributed by atoms with Crippen LogP contribution in [0.4, 0.5) is 8.78 Å². The molecule has 1 aromatic heterocycles. The first-order valence-corrected chi connectivity index (χ1v) is 7.51. The first-order chi connectivity index (χ1) is 9.41. The topological polar surface area (TPSA) is 38.0 Å². The van der Waals surface area contributed by atoms with Crippen LogP contribution in [-0.4, -0.2) is 26.9 Å². The van der Waals surface area contributed by atoms with Crippen LogP contribution in [0.3, 0.4) is 0 Å². The Kier molecular flexibility index (Phi) is 4.78. The molecule has 0 spiro atoms. The minimum atomic E-state index is -2.53. The Labute approximate surface area is 119 Å². The number of halogens is 2. The lowest BCUT2D eigenvalue weighted by Crippen LogP contribution is -2.32. The Morgan fingerprint density at radius 1 is 1.45 bits per heavy atom. The second kappa shape index (κ2) is 6.20. The van der Waals surface area contributed by atoms with Crippen molar-refractivity contribution >= 4 is 0 Å². The number of aliphatic hydroxyl groups is 1. The maximum Gasteiger partial charge on any atom is 0.248 e. The van der Waals surface area contributed by atoms with Crippen LogP contribution in [0.5, 0.6) is 0 Å². The quantitative estimate of drug-likeness (QED) is 0.898. The van der Waals surface area contributed by atoms with Crippen LogP contribution in [-0.2, 0) is 6.42 Å². The molecule has 20 heavy (non-hydrogen) atoms. The molecule has 0 amide bonds. The molecule has 1 aliphatic rings. The predicted molar refractivity (Wildman–Crippen MR) is 73.8 cm³/mol. The summed E-state index contributed by atoms with van der Waals surface area (Å²) in [7, 11) is 0. The smallest absolute Gasteiger partial charge is 0.248 e. The molecule has 1 heterocycles. The fourth-order valence-electron chi connectivity index (χ4n) is 2.75. The normalized spacial score (nSPS) is 22.6. The van der Waals surface area contributed by atoms with Crippen LogP contribution in [0, 0.1) is 5.92 Å². The van der Waals surface area contributed by atoms with Crippen molar-refractivity contribution < 1.29 is 13.9 Å². The Morgan fingerprint density at radius 3 is 2.70 bits per heavy atom. The van der Waals surface area contributed by atoms with E-state index in [9.17, 15) is 13.9 Å². The number of aliphatic hydroxyl groups excluding tert-OH is 1. The van der Waals surface area contributed by atoms with E-state index in [1.165, 1.54) is 0 Å². The van der Waals surface area contributed by atoms with Gasteiger partial charge in [0.15, 0.2) is 0 Å². The molecule has 2 atom stereocenters. The van der Waals surface area contributed by atoms with Crippen LogP contribution in [0.15, 0.2) is 12.3 Å². The van der Waals surface area contributed by atoms with Crippen molar-refractivity contribution in [1.82, 2.24) is 9.78 Å². The summed E-state index contributed by atoms with van der Waals surface area (Å²) in [6, 6.07) is 2.25. The van der Waals surface area contributed by atoms with E-state index in [1.807, 2.05) is 16.9 Å². The molecule has 0 aliphatic heterocycles. The molecule has 5 heteroatoms. The first-order valence-electron chi connectivity index (χ1n) is 7.51. The van der Waals surface area contributed by atoms with Crippen LogP contribution >= 0.6 is 0 Å². The number of rotatable bonds is 5. The fourth-order valence-corrected chi connectivity index (χ4v) is 2.75. The molecule has 0 radical (unpaired) electrons. The van der Waals surface area contributed by atoms with Gasteiger partial charge in [-0.05, 0) is 38.2 Å². The van der Waals surface area contributed by atoms with Crippen molar-refractivity contribution in [2.45, 2.75) is 70.4 Å². The Hall–Kier alpha value is -0.970. The van der Waals surface area contributed by atoms with Gasteiger partial charge >= 0.3 is 0 Å². The second-order valence-corrected chi connectivity index (χ2v) is 6.01. The third-order valence-electron chi connectivity index (χ3n) is 4.43. The molecular weight excluding hydrogens is 262 g/mol. The molecule has 1 N–H and O–H groups in total. The van der Waals surface area contributed by atoms with E-state index in [-0.39, 0.29) is 18.8 Å². The van der Waals surface area contributed by atoms with Gasteiger partial charge in [0.1, 0.15) is 0 Å². The van der Waals surface area contributed by atoms with E-state index in [0.29, 0.717) is 25.3 Å². The van der Waals surface area contributed by atoms with Gasteiger partial charge in [-0.3, -0.25) is 4.68 Å². The van der Waals surface area contributed by atoms with E-state index in [1.54, 1.807) is 0 Å². The zero-order valence-electron chi connectivity index (χ0n) is 12.2. The first kappa shape index (κ1) is 15.4. The average molecular weight is 286 g/mol. The van der Waals surface area contributed by atoms with Crippen LogP contribution in [0.1, 0.15) is 57.7 Å². The van der Waals surface area contributed by atoms with Crippen LogP contribution < -0.4 is 0 Å². The van der Waals surface area contributed by atoms with Crippen molar-refractivity contribution in [2.75, 3.05) is 0 Å². The van der Waals surface area contributed by atoms with Crippen molar-refractivity contribution in [3.8, 4) is 0 Å². The number of aromatic nitrogens is 2. The van der Waals surface area contributed by atoms with Crippen molar-refractivity contribution in [1.29, 1.82) is 0 Å². The minimum absolute atomic E-state index is 0.0247. The van der Waals surface area contributed by atoms with E-state index in [4.69, 9.17) is 0 Å². The highest BCUT2D eigenvalue weighted by atomic mass is 19.3. The number of alkyl halides is 2. The third-order valence-corrected chi connectivity index (χ3v) is 4.43. The lowest BCUT2D eigenvalue weighted by Gasteiger charge is -2.31. The summed E-state index contributed by atoms with van der Waals surface area (Å²) in [5.74, 6) is -2.56. The van der Waals surface area contributed by atoms with Gasteiger partial charge in [-0.15, -0.1) is 0 Å². The van der Waals surface area contributed by atoms with E-state index >= 15 is 0 Å². The molecular formula is C15H24F2N2O. The highest BCUT2D eigenvalue weighted by molar-refractivity contribution is 5.02. The average Bonchev–Trinajstić information content (AvgIpc) is 2.86. The summed E-state index contributed by atoms with van der Waals surface area (Å²) in [6.07, 6.45) is 3.42. The fraction of sp³-hybridized carbons (Fsp3) is 0.800. The molecule has 1 fully saturated rings. The van der Waals surface area contributed by atoms with Crippen molar-refractivity contribution in [3.05, 3.63) is 18.0 Å². The van der Waals surface area contributed by atoms with Gasteiger partial charge in [0.2, 0.25) is 5.92 Å². The molecule has 0 aromatic carbocycles. The highest BCUT2D eigenvalue weighted by Crippen LogP contribution is 2.37. The molecule has 1 aromatic rings. The van der Waals surface area contributed by atoms with Gasteiger partial charge in [-0.1, -0.05) is 6.92 Å². The lowest BCUT2D eigenvalue weighted by molar-refractivity contribution is -0.0620. The van der Waals surface area contributed by atoms with E-state index in [2.05, 4.69) is 18.9 Å². The molecule has 0 bridgehead atoms. The Bertz CT molecular complexity index is 423. The second-order valence-electron chi connectivity index (χ2n) is 6.01. The standard InChI is InChI=1S/C15H24F2N2O/c1-3-11(2)19-9-6-13(18-19)10-14(20)12-4-7-15(16,17)8-5-12/h6,9,11-12,14,20H,3-5,7-8,10H2,1-2H3. The van der Waals surface area contributed by atoms with E-state index < -0.39 is 12.0 Å². The SMILES string of the molecule is CCC(C)n1ccc(CC(O)C2CCC(F)(F)CC2)n1. The third kappa shape index (κ3) is 3.78. The van der Waals surface area contributed by atoms with Gasteiger partial charge in [0.25, 0.3) is 0 Å².